The smallest absolute Gasteiger partial charge is 0.407 e. The Bertz CT molecular complexity index is 2130. The van der Waals surface area contributed by atoms with Gasteiger partial charge in [-0.25, -0.2) is 14.8 Å². The zero-order valence-corrected chi connectivity index (χ0v) is 35.0. The molecule has 4 atom stereocenters. The summed E-state index contributed by atoms with van der Waals surface area (Å²) in [5.41, 5.74) is 9.82. The number of aromatic amines is 2. The lowest BCUT2D eigenvalue weighted by Crippen LogP contribution is -2.51. The summed E-state index contributed by atoms with van der Waals surface area (Å²) in [7, 11) is 3.18. The summed E-state index contributed by atoms with van der Waals surface area (Å²) >= 11 is 0. The van der Waals surface area contributed by atoms with E-state index < -0.39 is 12.1 Å². The summed E-state index contributed by atoms with van der Waals surface area (Å²) < 4.78 is 4.82. The number of aromatic nitrogens is 4. The molecule has 4 N–H and O–H groups in total. The lowest BCUT2D eigenvalue weighted by Gasteiger charge is -2.30. The van der Waals surface area contributed by atoms with Crippen molar-refractivity contribution in [2.45, 2.75) is 121 Å². The van der Waals surface area contributed by atoms with Gasteiger partial charge in [0.15, 0.2) is 0 Å². The number of rotatable bonds is 11. The van der Waals surface area contributed by atoms with E-state index in [1.165, 1.54) is 60.6 Å². The first-order valence-corrected chi connectivity index (χ1v) is 21.5. The molecule has 4 aliphatic rings. The molecular formula is C46H60N8O4. The van der Waals surface area contributed by atoms with E-state index in [2.05, 4.69) is 70.8 Å². The first kappa shape index (κ1) is 39.8. The Labute approximate surface area is 342 Å². The number of methoxy groups -OCH3 is 1. The second kappa shape index (κ2) is 16.4. The predicted octanol–water partition coefficient (Wildman–Crippen LogP) is 7.84. The standard InChI is InChI=1S/C46H60N8O4/c1-27(2)39(47-5)43(55)53-23-9-11-36(53)41-48-25-34(50-41)30-15-13-29(14-16-30)31-17-18-32(33-19-22-46(38(31)33)20-7-8-21-46)35-26-49-42(51-35)37-12-10-24-54(37)44(56)40(28(3)4)52-45(57)58-6/h13-18,25-28,36-37,39-40,47H,7-12,19-24H2,1-6H3,(H,48,50)(H,49,51)(H,52,57). The second-order valence-electron chi connectivity index (χ2n) is 17.7. The molecule has 3 amide bonds. The fourth-order valence-electron chi connectivity index (χ4n) is 10.6. The Morgan fingerprint density at radius 1 is 0.741 bits per heavy atom. The van der Waals surface area contributed by atoms with E-state index in [0.29, 0.717) is 6.54 Å². The highest BCUT2D eigenvalue weighted by Gasteiger charge is 2.44. The third-order valence-electron chi connectivity index (χ3n) is 13.6. The van der Waals surface area contributed by atoms with E-state index in [-0.39, 0.29) is 47.2 Å². The molecule has 58 heavy (non-hydrogen) atoms. The minimum atomic E-state index is -0.673. The van der Waals surface area contributed by atoms with Gasteiger partial charge in [0, 0.05) is 18.7 Å². The quantitative estimate of drug-likeness (QED) is 0.121. The number of alkyl carbamates (subject to hydrolysis) is 1. The highest BCUT2D eigenvalue weighted by atomic mass is 16.5. The van der Waals surface area contributed by atoms with Crippen molar-refractivity contribution in [1.82, 2.24) is 40.4 Å². The molecule has 1 saturated carbocycles. The van der Waals surface area contributed by atoms with Crippen LogP contribution in [0.25, 0.3) is 33.6 Å². The molecule has 2 aliphatic carbocycles. The largest absolute Gasteiger partial charge is 0.453 e. The number of amides is 3. The monoisotopic (exact) mass is 788 g/mol. The molecule has 12 nitrogen and oxygen atoms in total. The number of carbonyl (C=O) groups excluding carboxylic acids is 3. The minimum absolute atomic E-state index is 0.0445. The van der Waals surface area contributed by atoms with Crippen molar-refractivity contribution in [1.29, 1.82) is 0 Å². The van der Waals surface area contributed by atoms with Crippen LogP contribution in [0.4, 0.5) is 4.79 Å². The Morgan fingerprint density at radius 2 is 1.29 bits per heavy atom. The van der Waals surface area contributed by atoms with Crippen LogP contribution in [0.15, 0.2) is 48.8 Å². The number of carbonyl (C=O) groups is 3. The maximum absolute atomic E-state index is 13.8. The Morgan fingerprint density at radius 3 is 1.88 bits per heavy atom. The van der Waals surface area contributed by atoms with Crippen molar-refractivity contribution in [3.05, 3.63) is 71.6 Å². The van der Waals surface area contributed by atoms with E-state index in [1.54, 1.807) is 0 Å². The van der Waals surface area contributed by atoms with Crippen LogP contribution in [0.2, 0.25) is 0 Å². The van der Waals surface area contributed by atoms with Crippen LogP contribution < -0.4 is 10.6 Å². The first-order valence-electron chi connectivity index (χ1n) is 21.5. The van der Waals surface area contributed by atoms with Crippen LogP contribution in [0.1, 0.15) is 120 Å². The van der Waals surface area contributed by atoms with Gasteiger partial charge < -0.3 is 35.1 Å². The van der Waals surface area contributed by atoms with Gasteiger partial charge in [-0.2, -0.15) is 0 Å². The fourth-order valence-corrected chi connectivity index (χ4v) is 10.6. The van der Waals surface area contributed by atoms with Crippen molar-refractivity contribution >= 4 is 17.9 Å². The van der Waals surface area contributed by atoms with E-state index in [1.807, 2.05) is 43.1 Å². The average molecular weight is 789 g/mol. The van der Waals surface area contributed by atoms with E-state index >= 15 is 0 Å². The van der Waals surface area contributed by atoms with Crippen LogP contribution >= 0.6 is 0 Å². The Kier molecular flexibility index (Phi) is 11.2. The topological polar surface area (TPSA) is 148 Å². The Balaban J connectivity index is 1.05. The zero-order valence-electron chi connectivity index (χ0n) is 35.0. The lowest BCUT2D eigenvalue weighted by molar-refractivity contribution is -0.136. The van der Waals surface area contributed by atoms with E-state index in [4.69, 9.17) is 14.7 Å². The van der Waals surface area contributed by atoms with Crippen molar-refractivity contribution in [3.63, 3.8) is 0 Å². The van der Waals surface area contributed by atoms with Gasteiger partial charge in [0.05, 0.1) is 49.0 Å². The molecule has 12 heteroatoms. The van der Waals surface area contributed by atoms with Crippen LogP contribution in [0.5, 0.6) is 0 Å². The molecule has 3 fully saturated rings. The molecule has 4 aromatic rings. The van der Waals surface area contributed by atoms with Crippen LogP contribution in [0, 0.1) is 11.8 Å². The summed E-state index contributed by atoms with van der Waals surface area (Å²) in [6.07, 6.45) is 13.9. The lowest BCUT2D eigenvalue weighted by atomic mass is 9.76. The van der Waals surface area contributed by atoms with Crippen molar-refractivity contribution < 1.29 is 19.1 Å². The number of fused-ring (bicyclic) bond motifs is 2. The summed E-state index contributed by atoms with van der Waals surface area (Å²) in [5.74, 6) is 1.79. The maximum atomic E-state index is 13.8. The molecule has 1 spiro atoms. The molecular weight excluding hydrogens is 729 g/mol. The molecule has 0 bridgehead atoms. The number of hydrogen-bond acceptors (Lipinski definition) is 7. The number of ether oxygens (including phenoxy) is 1. The van der Waals surface area contributed by atoms with Gasteiger partial charge >= 0.3 is 6.09 Å². The van der Waals surface area contributed by atoms with Gasteiger partial charge in [-0.05, 0) is 103 Å². The van der Waals surface area contributed by atoms with Crippen LogP contribution in [0.3, 0.4) is 0 Å². The minimum Gasteiger partial charge on any atom is -0.453 e. The highest BCUT2D eigenvalue weighted by Crippen LogP contribution is 2.55. The number of benzene rings is 2. The summed E-state index contributed by atoms with van der Waals surface area (Å²) in [6.45, 7) is 9.40. The number of likely N-dealkylation sites (tertiary alicyclic amines) is 2. The Hall–Kier alpha value is -4.97. The van der Waals surface area contributed by atoms with Crippen LogP contribution in [-0.2, 0) is 26.2 Å². The van der Waals surface area contributed by atoms with Gasteiger partial charge in [-0.1, -0.05) is 76.9 Å². The van der Waals surface area contributed by atoms with Crippen molar-refractivity contribution in [2.75, 3.05) is 27.2 Å². The molecule has 2 aromatic carbocycles. The predicted molar refractivity (Wildman–Crippen MR) is 225 cm³/mol. The third-order valence-corrected chi connectivity index (χ3v) is 13.6. The van der Waals surface area contributed by atoms with E-state index in [0.717, 1.165) is 73.7 Å². The summed E-state index contributed by atoms with van der Waals surface area (Å²) in [4.78, 5) is 60.2. The normalized spacial score (nSPS) is 21.0. The molecule has 4 heterocycles. The van der Waals surface area contributed by atoms with Gasteiger partial charge in [0.2, 0.25) is 11.8 Å². The maximum Gasteiger partial charge on any atom is 0.407 e. The van der Waals surface area contributed by atoms with Gasteiger partial charge in [0.1, 0.15) is 17.7 Å². The first-order chi connectivity index (χ1) is 28.0. The fraction of sp³-hybridized carbons (Fsp3) is 0.543. The molecule has 2 saturated heterocycles. The molecule has 8 rings (SSSR count). The second-order valence-corrected chi connectivity index (χ2v) is 17.7. The molecule has 4 unspecified atom stereocenters. The molecule has 0 radical (unpaired) electrons. The zero-order chi connectivity index (χ0) is 40.7. The number of likely N-dealkylation sites (N-methyl/N-ethyl adjacent to an activating group) is 1. The molecule has 2 aliphatic heterocycles. The molecule has 2 aromatic heterocycles. The number of H-pyrrole nitrogens is 2. The number of imidazole rings is 2. The van der Waals surface area contributed by atoms with Crippen LogP contribution in [-0.4, -0.2) is 87.0 Å². The summed E-state index contributed by atoms with van der Waals surface area (Å²) in [5, 5.41) is 5.97. The molecule has 308 valence electrons. The summed E-state index contributed by atoms with van der Waals surface area (Å²) in [6, 6.07) is 12.3. The third kappa shape index (κ3) is 7.22. The van der Waals surface area contributed by atoms with E-state index in [9.17, 15) is 14.4 Å². The van der Waals surface area contributed by atoms with Gasteiger partial charge in [-0.15, -0.1) is 0 Å². The number of nitrogens with zero attached hydrogens (tertiary/aromatic N) is 4. The van der Waals surface area contributed by atoms with Crippen molar-refractivity contribution in [3.8, 4) is 33.6 Å². The highest BCUT2D eigenvalue weighted by molar-refractivity contribution is 5.87. The SMILES string of the molecule is CNC(C(=O)N1CCCC1c1ncc(-c2ccc(-c3ccc(-c4cnc(C5CCCN5C(=O)C(NC(=O)OC)C(C)C)[nH]4)c4c3C3(CCCC3)CC4)cc2)[nH]1)C(C)C. The van der Waals surface area contributed by atoms with Gasteiger partial charge in [-0.3, -0.25) is 9.59 Å². The average Bonchev–Trinajstić information content (AvgIpc) is 4.09. The number of nitrogens with one attached hydrogen (secondary N) is 4. The number of hydrogen-bond donors (Lipinski definition) is 4. The van der Waals surface area contributed by atoms with Gasteiger partial charge in [0.25, 0.3) is 0 Å². The van der Waals surface area contributed by atoms with Crippen molar-refractivity contribution in [2.24, 2.45) is 11.8 Å².